The lowest BCUT2D eigenvalue weighted by molar-refractivity contribution is -1.03. The van der Waals surface area contributed by atoms with Gasteiger partial charge in [0.2, 0.25) is 0 Å². The molecule has 1 amide bonds. The van der Waals surface area contributed by atoms with Crippen LogP contribution in [0.3, 0.4) is 0 Å². The first-order valence-electron chi connectivity index (χ1n) is 13.8. The fourth-order valence-corrected chi connectivity index (χ4v) is 6.37. The van der Waals surface area contributed by atoms with E-state index in [1.165, 1.54) is 28.8 Å². The maximum atomic E-state index is 15.2. The number of nitrogens with zero attached hydrogens (tertiary/aromatic N) is 5. The van der Waals surface area contributed by atoms with Gasteiger partial charge in [0.1, 0.15) is 35.7 Å². The molecule has 2 N–H and O–H groups in total. The van der Waals surface area contributed by atoms with Crippen molar-refractivity contribution in [1.29, 1.82) is 0 Å². The number of likely N-dealkylation sites (tertiary alicyclic amines) is 1. The first kappa shape index (κ1) is 30.4. The van der Waals surface area contributed by atoms with Crippen LogP contribution in [0.2, 0.25) is 10.2 Å². The summed E-state index contributed by atoms with van der Waals surface area (Å²) >= 11 is 12.5. The SMILES string of the molecule is O=C(c1cc(Cc2c[nH]c(=O)c3cc(Cl)c(Cl)n23)ccc1F)N1N=C([N+]2(OC(=O)C(F)(F)F)CCCCC2)N2CCNCC21. The van der Waals surface area contributed by atoms with Crippen molar-refractivity contribution in [2.75, 3.05) is 32.7 Å². The molecule has 1 atom stereocenters. The molecule has 11 nitrogen and oxygen atoms in total. The van der Waals surface area contributed by atoms with Crippen molar-refractivity contribution in [3.63, 3.8) is 0 Å². The second-order valence-corrected chi connectivity index (χ2v) is 11.6. The van der Waals surface area contributed by atoms with Crippen LogP contribution in [0.4, 0.5) is 17.6 Å². The molecule has 2 fully saturated rings. The molecular weight excluding hydrogens is 633 g/mol. The number of nitrogens with one attached hydrogen (secondary N) is 2. The van der Waals surface area contributed by atoms with E-state index in [4.69, 9.17) is 28.0 Å². The van der Waals surface area contributed by atoms with Crippen LogP contribution in [0.5, 0.6) is 0 Å². The molecule has 0 spiro atoms. The molecule has 0 radical (unpaired) electrons. The minimum absolute atomic E-state index is 0.00604. The van der Waals surface area contributed by atoms with Gasteiger partial charge < -0.3 is 10.3 Å². The molecule has 234 valence electrons. The van der Waals surface area contributed by atoms with Gasteiger partial charge in [-0.3, -0.25) is 23.7 Å². The van der Waals surface area contributed by atoms with Crippen LogP contribution in [-0.2, 0) is 16.1 Å². The van der Waals surface area contributed by atoms with Crippen LogP contribution < -0.4 is 10.9 Å². The molecule has 1 unspecified atom stereocenters. The molecule has 3 aliphatic rings. The number of halogens is 6. The summed E-state index contributed by atoms with van der Waals surface area (Å²) in [7, 11) is 0. The van der Waals surface area contributed by atoms with E-state index in [1.807, 2.05) is 0 Å². The number of aromatic nitrogens is 2. The minimum Gasteiger partial charge on any atom is -0.326 e. The van der Waals surface area contributed by atoms with Crippen LogP contribution in [0.15, 0.2) is 40.4 Å². The van der Waals surface area contributed by atoms with E-state index < -0.39 is 40.2 Å². The fourth-order valence-electron chi connectivity index (χ4n) is 5.92. The van der Waals surface area contributed by atoms with Gasteiger partial charge in [-0.05, 0) is 30.2 Å². The zero-order valence-electron chi connectivity index (χ0n) is 23.0. The predicted octanol–water partition coefficient (Wildman–Crippen LogP) is 3.64. The second kappa shape index (κ2) is 11.4. The number of benzene rings is 1. The molecule has 3 aliphatic heterocycles. The number of piperidine rings is 1. The molecule has 1 aromatic carbocycles. The molecular formula is C27H26Cl2F4N7O4+. The van der Waals surface area contributed by atoms with Gasteiger partial charge in [-0.2, -0.15) is 18.2 Å². The van der Waals surface area contributed by atoms with Gasteiger partial charge in [-0.1, -0.05) is 39.0 Å². The number of H-pyrrole nitrogens is 1. The number of alkyl halides is 3. The predicted molar refractivity (Wildman–Crippen MR) is 150 cm³/mol. The van der Waals surface area contributed by atoms with E-state index in [2.05, 4.69) is 15.4 Å². The van der Waals surface area contributed by atoms with Gasteiger partial charge in [0.05, 0.1) is 10.6 Å². The smallest absolute Gasteiger partial charge is 0.326 e. The molecule has 3 aromatic rings. The second-order valence-electron chi connectivity index (χ2n) is 10.8. The van der Waals surface area contributed by atoms with E-state index in [0.29, 0.717) is 30.6 Å². The number of aromatic amines is 1. The summed E-state index contributed by atoms with van der Waals surface area (Å²) in [5.41, 5.74) is 0.466. The van der Waals surface area contributed by atoms with Crippen molar-refractivity contribution < 1.29 is 36.6 Å². The highest BCUT2D eigenvalue weighted by molar-refractivity contribution is 6.42. The standard InChI is InChI=1S/C27H25Cl2F4N7O4/c28-18-12-20-23(41)35-13-16(38(20)22(18)29)10-15-4-5-19(30)17(11-15)24(42)39-21-14-34-6-7-37(21)26(36-39)40(8-2-1-3-9-40)44-25(43)27(31,32)33/h4-5,11-13,21,34H,1-3,6-10,14H2/p+1. The summed E-state index contributed by atoms with van der Waals surface area (Å²) < 4.78 is 55.8. The summed E-state index contributed by atoms with van der Waals surface area (Å²) in [6, 6.07) is 5.36. The molecule has 0 saturated carbocycles. The molecule has 0 aliphatic carbocycles. The minimum atomic E-state index is -5.22. The largest absolute Gasteiger partial charge is 0.497 e. The zero-order chi connectivity index (χ0) is 31.4. The maximum absolute atomic E-state index is 15.2. The molecule has 2 aromatic heterocycles. The highest BCUT2D eigenvalue weighted by atomic mass is 35.5. The summed E-state index contributed by atoms with van der Waals surface area (Å²) in [4.78, 5) is 47.5. The van der Waals surface area contributed by atoms with Crippen molar-refractivity contribution >= 4 is 46.6 Å². The Hall–Kier alpha value is -3.66. The van der Waals surface area contributed by atoms with Gasteiger partial charge in [-0.25, -0.2) is 9.18 Å². The molecule has 0 bridgehead atoms. The van der Waals surface area contributed by atoms with E-state index in [1.54, 1.807) is 4.90 Å². The van der Waals surface area contributed by atoms with Crippen molar-refractivity contribution in [3.8, 4) is 0 Å². The number of hydrogen-bond donors (Lipinski definition) is 2. The number of rotatable bonds is 3. The Labute approximate surface area is 257 Å². The molecule has 5 heterocycles. The monoisotopic (exact) mass is 658 g/mol. The molecule has 44 heavy (non-hydrogen) atoms. The van der Waals surface area contributed by atoms with Gasteiger partial charge in [0.15, 0.2) is 0 Å². The Morgan fingerprint density at radius 3 is 2.61 bits per heavy atom. The summed E-state index contributed by atoms with van der Waals surface area (Å²) in [6.07, 6.45) is -2.79. The number of amides is 1. The average molecular weight is 659 g/mol. The number of hydrazone groups is 1. The summed E-state index contributed by atoms with van der Waals surface area (Å²) in [5.74, 6) is -4.02. The molecule has 2 saturated heterocycles. The van der Waals surface area contributed by atoms with Crippen LogP contribution in [0.1, 0.15) is 40.9 Å². The lowest BCUT2D eigenvalue weighted by atomic mass is 10.0. The first-order valence-corrected chi connectivity index (χ1v) is 14.6. The highest BCUT2D eigenvalue weighted by Gasteiger charge is 2.56. The Kier molecular flexibility index (Phi) is 7.84. The quantitative estimate of drug-likeness (QED) is 0.328. The van der Waals surface area contributed by atoms with Gasteiger partial charge in [-0.15, -0.1) is 0 Å². The molecule has 6 rings (SSSR count). The van der Waals surface area contributed by atoms with Crippen molar-refractivity contribution in [1.82, 2.24) is 24.6 Å². The number of carbonyl (C=O) groups is 2. The van der Waals surface area contributed by atoms with Gasteiger partial charge in [0, 0.05) is 50.8 Å². The Balaban J connectivity index is 1.36. The number of carbonyl (C=O) groups excluding carboxylic acids is 2. The summed E-state index contributed by atoms with van der Waals surface area (Å²) in [5, 5.41) is 8.87. The highest BCUT2D eigenvalue weighted by Crippen LogP contribution is 2.33. The average Bonchev–Trinajstić information content (AvgIpc) is 3.54. The van der Waals surface area contributed by atoms with E-state index in [-0.39, 0.29) is 59.8 Å². The molecule has 17 heteroatoms. The van der Waals surface area contributed by atoms with Crippen molar-refractivity contribution in [2.24, 2.45) is 5.10 Å². The van der Waals surface area contributed by atoms with E-state index in [0.717, 1.165) is 17.5 Å². The lowest BCUT2D eigenvalue weighted by Gasteiger charge is -2.40. The third kappa shape index (κ3) is 5.31. The first-order chi connectivity index (χ1) is 20.9. The third-order valence-corrected chi connectivity index (χ3v) is 8.74. The number of fused-ring (bicyclic) bond motifs is 2. The fraction of sp³-hybridized carbons (Fsp3) is 0.407. The lowest BCUT2D eigenvalue weighted by Crippen LogP contribution is -2.65. The number of quaternary nitrogens is 1. The summed E-state index contributed by atoms with van der Waals surface area (Å²) in [6.45, 7) is 0.983. The number of piperazine rings is 1. The van der Waals surface area contributed by atoms with Crippen molar-refractivity contribution in [3.05, 3.63) is 73.6 Å². The Morgan fingerprint density at radius 1 is 1.14 bits per heavy atom. The van der Waals surface area contributed by atoms with Crippen LogP contribution in [-0.4, -0.2) is 86.8 Å². The topological polar surface area (TPSA) is 112 Å². The zero-order valence-corrected chi connectivity index (χ0v) is 24.5. The Morgan fingerprint density at radius 2 is 1.89 bits per heavy atom. The Bertz CT molecular complexity index is 1740. The van der Waals surface area contributed by atoms with Crippen molar-refractivity contribution in [2.45, 2.75) is 38.0 Å². The van der Waals surface area contributed by atoms with Crippen LogP contribution >= 0.6 is 23.2 Å². The number of hydroxylamine groups is 3. The van der Waals surface area contributed by atoms with Gasteiger partial charge in [0.25, 0.3) is 11.5 Å². The third-order valence-electron chi connectivity index (χ3n) is 7.99. The van der Waals surface area contributed by atoms with Crippen LogP contribution in [0, 0.1) is 5.82 Å². The van der Waals surface area contributed by atoms with Gasteiger partial charge >= 0.3 is 18.1 Å². The number of hydrogen-bond acceptors (Lipinski definition) is 7. The van der Waals surface area contributed by atoms with E-state index >= 15 is 4.39 Å². The van der Waals surface area contributed by atoms with E-state index in [9.17, 15) is 27.6 Å². The normalized spacial score (nSPS) is 20.0. The maximum Gasteiger partial charge on any atom is 0.497 e. The number of guanidine groups is 1. The van der Waals surface area contributed by atoms with Crippen LogP contribution in [0.25, 0.3) is 5.52 Å².